The molecule has 0 unspecified atom stereocenters. The summed E-state index contributed by atoms with van der Waals surface area (Å²) >= 11 is 0. The van der Waals surface area contributed by atoms with Crippen LogP contribution < -0.4 is 4.74 Å². The molecule has 0 aromatic heterocycles. The third kappa shape index (κ3) is 3.68. The average Bonchev–Trinajstić information content (AvgIpc) is 3.11. The number of hydrogen-bond donors (Lipinski definition) is 0. The molecule has 0 saturated heterocycles. The minimum Gasteiger partial charge on any atom is -0.456 e. The lowest BCUT2D eigenvalue weighted by atomic mass is 9.87. The van der Waals surface area contributed by atoms with E-state index < -0.39 is 0 Å². The van der Waals surface area contributed by atoms with Gasteiger partial charge in [-0.15, -0.1) is 0 Å². The van der Waals surface area contributed by atoms with Gasteiger partial charge in [-0.25, -0.2) is 0 Å². The van der Waals surface area contributed by atoms with E-state index in [4.69, 9.17) is 4.74 Å². The molecule has 45 heavy (non-hydrogen) atoms. The summed E-state index contributed by atoms with van der Waals surface area (Å²) in [6, 6.07) is 57.4. The van der Waals surface area contributed by atoms with Gasteiger partial charge in [-0.1, -0.05) is 121 Å². The monoisotopic (exact) mass is 570 g/mol. The Balaban J connectivity index is 1.23. The number of benzene rings is 9. The van der Waals surface area contributed by atoms with E-state index in [2.05, 4.69) is 152 Å². The second kappa shape index (κ2) is 9.29. The molecule has 1 heteroatoms. The van der Waals surface area contributed by atoms with Crippen LogP contribution in [-0.2, 0) is 0 Å². The quantitative estimate of drug-likeness (QED) is 0.192. The second-order valence-electron chi connectivity index (χ2n) is 12.1. The first-order valence-electron chi connectivity index (χ1n) is 15.5. The summed E-state index contributed by atoms with van der Waals surface area (Å²) in [6.45, 7) is 0. The Kier molecular flexibility index (Phi) is 5.06. The maximum atomic E-state index is 6.56. The number of para-hydroxylation sites is 1. The van der Waals surface area contributed by atoms with Crippen molar-refractivity contribution in [2.75, 3.05) is 0 Å². The topological polar surface area (TPSA) is 9.23 Å². The van der Waals surface area contributed by atoms with Crippen molar-refractivity contribution in [3.8, 4) is 56.0 Å². The van der Waals surface area contributed by atoms with Crippen LogP contribution in [0.25, 0.3) is 87.6 Å². The molecule has 0 N–H and O–H groups in total. The lowest BCUT2D eigenvalue weighted by Crippen LogP contribution is -1.97. The summed E-state index contributed by atoms with van der Waals surface area (Å²) in [4.78, 5) is 0. The summed E-state index contributed by atoms with van der Waals surface area (Å²) in [5, 5.41) is 10.2. The van der Waals surface area contributed by atoms with Gasteiger partial charge in [0.15, 0.2) is 0 Å². The maximum Gasteiger partial charge on any atom is 0.136 e. The Morgan fingerprint density at radius 2 is 0.911 bits per heavy atom. The van der Waals surface area contributed by atoms with Gasteiger partial charge in [0.1, 0.15) is 11.5 Å². The number of fused-ring (bicyclic) bond motifs is 2. The third-order valence-corrected chi connectivity index (χ3v) is 9.55. The lowest BCUT2D eigenvalue weighted by molar-refractivity contribution is 0.487. The molecule has 0 spiro atoms. The zero-order valence-electron chi connectivity index (χ0n) is 24.4. The first kappa shape index (κ1) is 24.5. The highest BCUT2D eigenvalue weighted by Crippen LogP contribution is 2.48. The Labute approximate surface area is 260 Å². The molecule has 1 aliphatic heterocycles. The molecule has 1 heterocycles. The summed E-state index contributed by atoms with van der Waals surface area (Å²) in [7, 11) is 0. The van der Waals surface area contributed by atoms with Crippen LogP contribution in [0, 0.1) is 0 Å². The Hall–Kier alpha value is -5.92. The van der Waals surface area contributed by atoms with Crippen LogP contribution >= 0.6 is 0 Å². The molecule has 1 aliphatic rings. The van der Waals surface area contributed by atoms with Gasteiger partial charge in [0.25, 0.3) is 0 Å². The van der Waals surface area contributed by atoms with Crippen molar-refractivity contribution in [3.63, 3.8) is 0 Å². The summed E-state index contributed by atoms with van der Waals surface area (Å²) in [5.74, 6) is 1.81. The van der Waals surface area contributed by atoms with E-state index in [1.807, 2.05) is 6.07 Å². The van der Waals surface area contributed by atoms with E-state index in [0.29, 0.717) is 0 Å². The van der Waals surface area contributed by atoms with Gasteiger partial charge in [-0.05, 0) is 113 Å². The van der Waals surface area contributed by atoms with Crippen LogP contribution in [0.1, 0.15) is 0 Å². The average molecular weight is 571 g/mol. The fourth-order valence-electron chi connectivity index (χ4n) is 7.49. The van der Waals surface area contributed by atoms with Crippen LogP contribution in [0.15, 0.2) is 158 Å². The van der Waals surface area contributed by atoms with Crippen molar-refractivity contribution in [1.82, 2.24) is 0 Å². The third-order valence-electron chi connectivity index (χ3n) is 9.55. The molecule has 208 valence electrons. The highest BCUT2D eigenvalue weighted by atomic mass is 16.5. The van der Waals surface area contributed by atoms with Crippen molar-refractivity contribution >= 4 is 43.1 Å². The van der Waals surface area contributed by atoms with Gasteiger partial charge < -0.3 is 4.74 Å². The molecule has 0 radical (unpaired) electrons. The second-order valence-corrected chi connectivity index (χ2v) is 12.1. The largest absolute Gasteiger partial charge is 0.456 e. The van der Waals surface area contributed by atoms with Gasteiger partial charge in [-0.2, -0.15) is 0 Å². The molecule has 1 nitrogen and oxygen atoms in total. The molecule has 0 bridgehead atoms. The van der Waals surface area contributed by atoms with Gasteiger partial charge >= 0.3 is 0 Å². The first-order valence-corrected chi connectivity index (χ1v) is 15.5. The lowest BCUT2D eigenvalue weighted by Gasteiger charge is -2.22. The summed E-state index contributed by atoms with van der Waals surface area (Å²) < 4.78 is 6.56. The van der Waals surface area contributed by atoms with Crippen molar-refractivity contribution in [3.05, 3.63) is 158 Å². The Bertz CT molecular complexity index is 2600. The fourth-order valence-corrected chi connectivity index (χ4v) is 7.49. The molecular weight excluding hydrogens is 544 g/mol. The van der Waals surface area contributed by atoms with E-state index >= 15 is 0 Å². The highest BCUT2D eigenvalue weighted by molar-refractivity contribution is 6.25. The minimum absolute atomic E-state index is 0.905. The van der Waals surface area contributed by atoms with E-state index in [-0.39, 0.29) is 0 Å². The Morgan fingerprint density at radius 1 is 0.289 bits per heavy atom. The van der Waals surface area contributed by atoms with Gasteiger partial charge in [0, 0.05) is 10.9 Å². The molecule has 0 fully saturated rings. The zero-order valence-corrected chi connectivity index (χ0v) is 24.4. The molecule has 10 rings (SSSR count). The maximum absolute atomic E-state index is 6.56. The molecule has 9 aromatic carbocycles. The van der Waals surface area contributed by atoms with Crippen LogP contribution in [0.5, 0.6) is 11.5 Å². The minimum atomic E-state index is 0.905. The molecule has 0 atom stereocenters. The molecule has 0 saturated carbocycles. The summed E-state index contributed by atoms with van der Waals surface area (Å²) in [5.41, 5.74) is 9.53. The fraction of sp³-hybridized carbons (Fsp3) is 0. The van der Waals surface area contributed by atoms with Gasteiger partial charge in [0.2, 0.25) is 0 Å². The number of rotatable bonds is 3. The highest BCUT2D eigenvalue weighted by Gasteiger charge is 2.21. The normalized spacial score (nSPS) is 12.2. The molecule has 0 aliphatic carbocycles. The summed E-state index contributed by atoms with van der Waals surface area (Å²) in [6.07, 6.45) is 0. The molecular formula is C44H26O. The van der Waals surface area contributed by atoms with E-state index in [9.17, 15) is 0 Å². The Morgan fingerprint density at radius 3 is 1.78 bits per heavy atom. The van der Waals surface area contributed by atoms with Crippen molar-refractivity contribution in [1.29, 1.82) is 0 Å². The smallest absolute Gasteiger partial charge is 0.136 e. The van der Waals surface area contributed by atoms with Crippen LogP contribution in [0.4, 0.5) is 0 Å². The number of hydrogen-bond acceptors (Lipinski definition) is 1. The molecule has 9 aromatic rings. The predicted molar refractivity (Wildman–Crippen MR) is 189 cm³/mol. The number of ether oxygens (including phenoxy) is 1. The van der Waals surface area contributed by atoms with Crippen LogP contribution in [0.2, 0.25) is 0 Å². The van der Waals surface area contributed by atoms with E-state index in [0.717, 1.165) is 22.6 Å². The standard InChI is InChI=1S/C44H26O/c1-2-8-27(9-3-1)32-23-33(34-22-31-12-7-14-38-37-13-4-5-15-40(37)45-41(26-34)43(31)38)25-35(24-32)36-20-18-30-17-16-28-10-6-11-29-19-21-39(36)44(30)42(28)29/h1-26H. The SMILES string of the molecule is c1ccc(-c2cc(-c3cc4c5c(cccc5c3)-c3ccccc3O4)cc(-c3ccc4ccc5cccc6ccc3c4c56)c2)cc1. The first-order chi connectivity index (χ1) is 22.3. The van der Waals surface area contributed by atoms with Gasteiger partial charge in [0.05, 0.1) is 0 Å². The van der Waals surface area contributed by atoms with Crippen molar-refractivity contribution in [2.45, 2.75) is 0 Å². The van der Waals surface area contributed by atoms with E-state index in [1.165, 1.54) is 76.5 Å². The van der Waals surface area contributed by atoms with Crippen LogP contribution in [-0.4, -0.2) is 0 Å². The van der Waals surface area contributed by atoms with Crippen molar-refractivity contribution < 1.29 is 4.74 Å². The van der Waals surface area contributed by atoms with E-state index in [1.54, 1.807) is 0 Å². The predicted octanol–water partition coefficient (Wildman–Crippen LogP) is 12.5. The van der Waals surface area contributed by atoms with Gasteiger partial charge in [-0.3, -0.25) is 0 Å². The molecule has 0 amide bonds. The van der Waals surface area contributed by atoms with Crippen molar-refractivity contribution in [2.24, 2.45) is 0 Å². The zero-order chi connectivity index (χ0) is 29.5. The van der Waals surface area contributed by atoms with Crippen LogP contribution in [0.3, 0.4) is 0 Å².